The van der Waals surface area contributed by atoms with Gasteiger partial charge in [0.05, 0.1) is 40.2 Å². The molecule has 0 spiro atoms. The van der Waals surface area contributed by atoms with Crippen LogP contribution in [0, 0.1) is 10.1 Å². The highest BCUT2D eigenvalue weighted by Crippen LogP contribution is 2.40. The monoisotopic (exact) mass is 459 g/mol. The van der Waals surface area contributed by atoms with E-state index in [1.165, 1.54) is 40.4 Å². The van der Waals surface area contributed by atoms with E-state index < -0.39 is 23.1 Å². The van der Waals surface area contributed by atoms with Gasteiger partial charge in [-0.3, -0.25) is 4.79 Å². The molecule has 33 heavy (non-hydrogen) atoms. The smallest absolute Gasteiger partial charge is 0.295 e. The number of nitrogens with zero attached hydrogens (tertiary/aromatic N) is 3. The SMILES string of the molecule is COc1ccc(C2CC(c3ccc(OC)c(OC)c3)=NN2C(=O)C(C)O[N+](=O)[O-])c(OC)c1. The summed E-state index contributed by atoms with van der Waals surface area (Å²) < 4.78 is 21.4. The maximum absolute atomic E-state index is 13.1. The van der Waals surface area contributed by atoms with E-state index in [2.05, 4.69) is 9.94 Å². The lowest BCUT2D eigenvalue weighted by atomic mass is 9.97. The molecule has 0 aliphatic carbocycles. The molecule has 1 amide bonds. The van der Waals surface area contributed by atoms with E-state index in [0.29, 0.717) is 46.3 Å². The first-order valence-electron chi connectivity index (χ1n) is 9.99. The summed E-state index contributed by atoms with van der Waals surface area (Å²) in [5.41, 5.74) is 1.96. The van der Waals surface area contributed by atoms with E-state index in [1.807, 2.05) is 0 Å². The quantitative estimate of drug-likeness (QED) is 0.414. The number of ether oxygens (including phenoxy) is 4. The van der Waals surface area contributed by atoms with Gasteiger partial charge < -0.3 is 23.8 Å². The maximum Gasteiger partial charge on any atom is 0.295 e. The van der Waals surface area contributed by atoms with Crippen molar-refractivity contribution in [2.45, 2.75) is 25.5 Å². The van der Waals surface area contributed by atoms with E-state index in [0.717, 1.165) is 0 Å². The van der Waals surface area contributed by atoms with Crippen LogP contribution in [-0.2, 0) is 9.63 Å². The van der Waals surface area contributed by atoms with Crippen LogP contribution in [0.3, 0.4) is 0 Å². The molecule has 2 unspecified atom stereocenters. The average molecular weight is 459 g/mol. The van der Waals surface area contributed by atoms with E-state index in [1.54, 1.807) is 36.4 Å². The van der Waals surface area contributed by atoms with Gasteiger partial charge >= 0.3 is 0 Å². The van der Waals surface area contributed by atoms with Crippen molar-refractivity contribution in [3.8, 4) is 23.0 Å². The number of methoxy groups -OCH3 is 4. The van der Waals surface area contributed by atoms with Crippen LogP contribution in [0.1, 0.15) is 30.5 Å². The minimum atomic E-state index is -1.35. The summed E-state index contributed by atoms with van der Waals surface area (Å²) in [4.78, 5) is 28.3. The largest absolute Gasteiger partial charge is 0.497 e. The third-order valence-corrected chi connectivity index (χ3v) is 5.24. The Bertz CT molecular complexity index is 1070. The van der Waals surface area contributed by atoms with Crippen molar-refractivity contribution in [1.82, 2.24) is 5.01 Å². The molecule has 3 rings (SSSR count). The van der Waals surface area contributed by atoms with Crippen molar-refractivity contribution in [3.63, 3.8) is 0 Å². The topological polar surface area (TPSA) is 122 Å². The zero-order valence-corrected chi connectivity index (χ0v) is 18.9. The second-order valence-electron chi connectivity index (χ2n) is 7.10. The molecular weight excluding hydrogens is 434 g/mol. The van der Waals surface area contributed by atoms with E-state index >= 15 is 0 Å². The molecular formula is C22H25N3O8. The van der Waals surface area contributed by atoms with Crippen LogP contribution in [-0.4, -0.2) is 56.3 Å². The van der Waals surface area contributed by atoms with Crippen LogP contribution in [0.15, 0.2) is 41.5 Å². The Morgan fingerprint density at radius 2 is 1.73 bits per heavy atom. The second-order valence-corrected chi connectivity index (χ2v) is 7.10. The first kappa shape index (κ1) is 23.6. The number of carbonyl (C=O) groups is 1. The third-order valence-electron chi connectivity index (χ3n) is 5.24. The Hall–Kier alpha value is -4.02. The highest BCUT2D eigenvalue weighted by Gasteiger charge is 2.38. The summed E-state index contributed by atoms with van der Waals surface area (Å²) in [5.74, 6) is 1.46. The van der Waals surface area contributed by atoms with Gasteiger partial charge in [-0.15, -0.1) is 10.1 Å². The average Bonchev–Trinajstić information content (AvgIpc) is 3.27. The van der Waals surface area contributed by atoms with Crippen molar-refractivity contribution in [2.24, 2.45) is 5.10 Å². The number of hydrogen-bond acceptors (Lipinski definition) is 9. The molecule has 1 aliphatic rings. The van der Waals surface area contributed by atoms with E-state index in [-0.39, 0.29) is 0 Å². The minimum absolute atomic E-state index is 0.328. The van der Waals surface area contributed by atoms with Gasteiger partial charge in [0, 0.05) is 23.6 Å². The number of rotatable bonds is 9. The van der Waals surface area contributed by atoms with Gasteiger partial charge in [-0.05, 0) is 37.3 Å². The molecule has 0 aromatic heterocycles. The molecule has 2 aromatic rings. The fourth-order valence-electron chi connectivity index (χ4n) is 3.60. The second kappa shape index (κ2) is 10.1. The minimum Gasteiger partial charge on any atom is -0.497 e. The molecule has 1 heterocycles. The van der Waals surface area contributed by atoms with E-state index in [9.17, 15) is 14.9 Å². The Balaban J connectivity index is 2.04. The summed E-state index contributed by atoms with van der Waals surface area (Å²) in [7, 11) is 6.10. The van der Waals surface area contributed by atoms with Crippen molar-refractivity contribution < 1.29 is 33.7 Å². The van der Waals surface area contributed by atoms with Gasteiger partial charge in [-0.1, -0.05) is 0 Å². The maximum atomic E-state index is 13.1. The van der Waals surface area contributed by atoms with Gasteiger partial charge in [0.1, 0.15) is 11.5 Å². The number of benzene rings is 2. The Morgan fingerprint density at radius 3 is 2.33 bits per heavy atom. The van der Waals surface area contributed by atoms with Crippen LogP contribution in [0.25, 0.3) is 0 Å². The van der Waals surface area contributed by atoms with Gasteiger partial charge in [0.25, 0.3) is 11.0 Å². The summed E-state index contributed by atoms with van der Waals surface area (Å²) in [6.45, 7) is 1.30. The lowest BCUT2D eigenvalue weighted by Crippen LogP contribution is -2.37. The lowest BCUT2D eigenvalue weighted by Gasteiger charge is -2.25. The van der Waals surface area contributed by atoms with Crippen LogP contribution >= 0.6 is 0 Å². The molecule has 2 atom stereocenters. The standard InChI is InChI=1S/C22H25N3O8/c1-13(33-25(27)28)22(26)24-18(16-8-7-15(29-2)11-20(16)31-4)12-17(23-24)14-6-9-19(30-3)21(10-14)32-5/h6-11,13,18H,12H2,1-5H3. The predicted molar refractivity (Wildman–Crippen MR) is 117 cm³/mol. The van der Waals surface area contributed by atoms with Gasteiger partial charge in [0.15, 0.2) is 17.6 Å². The first-order valence-corrected chi connectivity index (χ1v) is 9.99. The molecule has 0 bridgehead atoms. The number of hydrazone groups is 1. The van der Waals surface area contributed by atoms with Crippen LogP contribution in [0.2, 0.25) is 0 Å². The molecule has 176 valence electrons. The molecule has 11 nitrogen and oxygen atoms in total. The molecule has 0 saturated carbocycles. The number of carbonyl (C=O) groups excluding carboxylic acids is 1. The van der Waals surface area contributed by atoms with Gasteiger partial charge in [0.2, 0.25) is 0 Å². The molecule has 2 aromatic carbocycles. The van der Waals surface area contributed by atoms with Crippen LogP contribution in [0.4, 0.5) is 0 Å². The summed E-state index contributed by atoms with van der Waals surface area (Å²) in [6, 6.07) is 9.92. The van der Waals surface area contributed by atoms with Crippen molar-refractivity contribution >= 4 is 11.6 Å². The fourth-order valence-corrected chi connectivity index (χ4v) is 3.60. The molecule has 0 saturated heterocycles. The van der Waals surface area contributed by atoms with Gasteiger partial charge in [-0.25, -0.2) is 5.01 Å². The highest BCUT2D eigenvalue weighted by molar-refractivity contribution is 6.04. The number of hydrogen-bond donors (Lipinski definition) is 0. The van der Waals surface area contributed by atoms with Crippen molar-refractivity contribution in [3.05, 3.63) is 57.6 Å². The van der Waals surface area contributed by atoms with Crippen LogP contribution in [0.5, 0.6) is 23.0 Å². The zero-order valence-electron chi connectivity index (χ0n) is 18.9. The highest BCUT2D eigenvalue weighted by atomic mass is 17.0. The van der Waals surface area contributed by atoms with Crippen LogP contribution < -0.4 is 18.9 Å². The Kier molecular flexibility index (Phi) is 7.21. The summed E-state index contributed by atoms with van der Waals surface area (Å²) >= 11 is 0. The molecule has 0 radical (unpaired) electrons. The predicted octanol–water partition coefficient (Wildman–Crippen LogP) is 3.00. The Morgan fingerprint density at radius 1 is 1.03 bits per heavy atom. The molecule has 0 N–H and O–H groups in total. The van der Waals surface area contributed by atoms with Crippen molar-refractivity contribution in [2.75, 3.05) is 28.4 Å². The molecule has 11 heteroatoms. The van der Waals surface area contributed by atoms with E-state index in [4.69, 9.17) is 18.9 Å². The fraction of sp³-hybridized carbons (Fsp3) is 0.364. The molecule has 0 fully saturated rings. The summed E-state index contributed by atoms with van der Waals surface area (Å²) in [5, 5.41) is 15.5. The summed E-state index contributed by atoms with van der Waals surface area (Å²) in [6.07, 6.45) is -1.02. The number of amides is 1. The first-order chi connectivity index (χ1) is 15.8. The van der Waals surface area contributed by atoms with Crippen molar-refractivity contribution in [1.29, 1.82) is 0 Å². The normalized spacial score (nSPS) is 16.0. The lowest BCUT2D eigenvalue weighted by molar-refractivity contribution is -0.763. The third kappa shape index (κ3) is 4.92. The Labute approximate surface area is 190 Å². The molecule has 1 aliphatic heterocycles. The van der Waals surface area contributed by atoms with Gasteiger partial charge in [-0.2, -0.15) is 5.10 Å². The zero-order chi connectivity index (χ0) is 24.1.